The molecule has 0 aromatic carbocycles. The maximum absolute atomic E-state index is 10.5. The topological polar surface area (TPSA) is 69.1 Å². The van der Waals surface area contributed by atoms with Crippen molar-refractivity contribution >= 4 is 44.8 Å². The van der Waals surface area contributed by atoms with E-state index in [9.17, 15) is 4.79 Å². The fraction of sp³-hybridized carbons (Fsp3) is 0.375. The summed E-state index contributed by atoms with van der Waals surface area (Å²) in [5.74, 6) is -0.331. The smallest absolute Gasteiger partial charge is 0.217 e. The van der Waals surface area contributed by atoms with Crippen LogP contribution in [0.15, 0.2) is 10.5 Å². The Balaban J connectivity index is 2.60. The first kappa shape index (κ1) is 12.0. The highest BCUT2D eigenvalue weighted by atomic mass is 79.9. The van der Waals surface area contributed by atoms with Crippen molar-refractivity contribution in [2.75, 3.05) is 0 Å². The minimum absolute atomic E-state index is 0.170. The zero-order valence-corrected chi connectivity index (χ0v) is 10.5. The summed E-state index contributed by atoms with van der Waals surface area (Å²) in [5.41, 5.74) is 10.9. The Hall–Kier alpha value is -0.100. The molecule has 0 fully saturated rings. The predicted molar refractivity (Wildman–Crippen MR) is 62.4 cm³/mol. The number of thiophene rings is 1. The van der Waals surface area contributed by atoms with Crippen LogP contribution in [-0.2, 0) is 4.79 Å². The molecule has 3 nitrogen and oxygen atoms in total. The number of halogens is 2. The quantitative estimate of drug-likeness (QED) is 0.896. The van der Waals surface area contributed by atoms with Crippen LogP contribution in [0.3, 0.4) is 0 Å². The van der Waals surface area contributed by atoms with Crippen LogP contribution in [0.2, 0.25) is 4.34 Å². The highest BCUT2D eigenvalue weighted by Crippen LogP contribution is 2.35. The standard InChI is InChI=1S/C8H10BrClN2OS/c9-4-3-6(14-8(4)10)5(11)1-2-7(12)13/h3,5H,1-2,11H2,(H2,12,13). The SMILES string of the molecule is NC(=O)CCC(N)c1cc(Br)c(Cl)s1. The molecule has 0 aliphatic carbocycles. The maximum atomic E-state index is 10.5. The third-order valence-corrected chi connectivity index (χ3v) is 4.34. The van der Waals surface area contributed by atoms with Gasteiger partial charge in [-0.3, -0.25) is 4.79 Å². The summed E-state index contributed by atoms with van der Waals surface area (Å²) in [6.07, 6.45) is 0.854. The van der Waals surface area contributed by atoms with Crippen molar-refractivity contribution in [3.63, 3.8) is 0 Å². The number of nitrogens with two attached hydrogens (primary N) is 2. The number of carbonyl (C=O) groups is 1. The van der Waals surface area contributed by atoms with E-state index >= 15 is 0 Å². The van der Waals surface area contributed by atoms with Gasteiger partial charge in [0.2, 0.25) is 5.91 Å². The van der Waals surface area contributed by atoms with Gasteiger partial charge in [0, 0.05) is 21.8 Å². The van der Waals surface area contributed by atoms with E-state index in [1.54, 1.807) is 0 Å². The van der Waals surface area contributed by atoms with E-state index in [0.717, 1.165) is 9.35 Å². The first-order chi connectivity index (χ1) is 6.50. The van der Waals surface area contributed by atoms with Crippen molar-refractivity contribution in [1.29, 1.82) is 0 Å². The van der Waals surface area contributed by atoms with E-state index in [-0.39, 0.29) is 11.9 Å². The van der Waals surface area contributed by atoms with Crippen LogP contribution in [0.5, 0.6) is 0 Å². The van der Waals surface area contributed by atoms with Crippen LogP contribution in [0.25, 0.3) is 0 Å². The van der Waals surface area contributed by atoms with Gasteiger partial charge in [0.1, 0.15) is 4.34 Å². The normalized spacial score (nSPS) is 12.8. The van der Waals surface area contributed by atoms with Crippen LogP contribution in [0.1, 0.15) is 23.8 Å². The third-order valence-electron chi connectivity index (χ3n) is 1.73. The van der Waals surface area contributed by atoms with E-state index < -0.39 is 0 Å². The van der Waals surface area contributed by atoms with Crippen molar-refractivity contribution in [2.45, 2.75) is 18.9 Å². The lowest BCUT2D eigenvalue weighted by Crippen LogP contribution is -2.15. The Kier molecular flexibility index (Phi) is 4.37. The zero-order valence-electron chi connectivity index (χ0n) is 7.30. The molecule has 0 spiro atoms. The van der Waals surface area contributed by atoms with Crippen LogP contribution in [-0.4, -0.2) is 5.91 Å². The molecule has 1 unspecified atom stereocenters. The second-order valence-electron chi connectivity index (χ2n) is 2.88. The van der Waals surface area contributed by atoms with E-state index in [2.05, 4.69) is 15.9 Å². The summed E-state index contributed by atoms with van der Waals surface area (Å²) in [7, 11) is 0. The van der Waals surface area contributed by atoms with E-state index in [1.165, 1.54) is 11.3 Å². The summed E-state index contributed by atoms with van der Waals surface area (Å²) in [6.45, 7) is 0. The van der Waals surface area contributed by atoms with Crippen molar-refractivity contribution in [2.24, 2.45) is 11.5 Å². The van der Waals surface area contributed by atoms with Crippen LogP contribution in [0.4, 0.5) is 0 Å². The van der Waals surface area contributed by atoms with Crippen molar-refractivity contribution < 1.29 is 4.79 Å². The second kappa shape index (κ2) is 5.11. The van der Waals surface area contributed by atoms with Gasteiger partial charge in [-0.2, -0.15) is 0 Å². The van der Waals surface area contributed by atoms with Gasteiger partial charge in [0.15, 0.2) is 0 Å². The molecule has 1 rings (SSSR count). The molecule has 78 valence electrons. The summed E-state index contributed by atoms with van der Waals surface area (Å²) in [4.78, 5) is 11.5. The van der Waals surface area contributed by atoms with Crippen molar-refractivity contribution in [1.82, 2.24) is 0 Å². The first-order valence-corrected chi connectivity index (χ1v) is 5.98. The van der Waals surface area contributed by atoms with Crippen LogP contribution >= 0.6 is 38.9 Å². The highest BCUT2D eigenvalue weighted by Gasteiger charge is 2.12. The Morgan fingerprint density at radius 1 is 1.71 bits per heavy atom. The lowest BCUT2D eigenvalue weighted by molar-refractivity contribution is -0.118. The highest BCUT2D eigenvalue weighted by molar-refractivity contribution is 9.10. The molecule has 0 saturated heterocycles. The van der Waals surface area contributed by atoms with Crippen molar-refractivity contribution in [3.05, 3.63) is 19.8 Å². The zero-order chi connectivity index (χ0) is 10.7. The lowest BCUT2D eigenvalue weighted by atomic mass is 10.1. The first-order valence-electron chi connectivity index (χ1n) is 3.99. The van der Waals surface area contributed by atoms with E-state index in [0.29, 0.717) is 17.2 Å². The molecule has 1 aromatic heterocycles. The number of hydrogen-bond donors (Lipinski definition) is 2. The Bertz CT molecular complexity index is 323. The largest absolute Gasteiger partial charge is 0.370 e. The Labute approximate surface area is 99.5 Å². The molecule has 0 aliphatic heterocycles. The van der Waals surface area contributed by atoms with Gasteiger partial charge in [-0.25, -0.2) is 0 Å². The molecule has 0 bridgehead atoms. The summed E-state index contributed by atoms with van der Waals surface area (Å²) in [5, 5.41) is 0. The van der Waals surface area contributed by atoms with Crippen LogP contribution in [0, 0.1) is 0 Å². The molecule has 4 N–H and O–H groups in total. The fourth-order valence-electron chi connectivity index (χ4n) is 0.986. The predicted octanol–water partition coefficient (Wildman–Crippen LogP) is 2.43. The number of carbonyl (C=O) groups excluding carboxylic acids is 1. The molecule has 6 heteroatoms. The van der Waals surface area contributed by atoms with Gasteiger partial charge in [-0.05, 0) is 28.4 Å². The van der Waals surface area contributed by atoms with Gasteiger partial charge in [-0.15, -0.1) is 11.3 Å². The molecule has 0 radical (unpaired) electrons. The molecule has 0 aliphatic rings. The molecule has 1 atom stereocenters. The van der Waals surface area contributed by atoms with Gasteiger partial charge in [0.05, 0.1) is 0 Å². The van der Waals surface area contributed by atoms with Gasteiger partial charge in [0.25, 0.3) is 0 Å². The maximum Gasteiger partial charge on any atom is 0.217 e. The molecular formula is C8H10BrClN2OS. The summed E-state index contributed by atoms with van der Waals surface area (Å²) in [6, 6.07) is 1.70. The Morgan fingerprint density at radius 3 is 2.79 bits per heavy atom. The molecule has 0 saturated carbocycles. The average Bonchev–Trinajstić information content (AvgIpc) is 2.43. The number of hydrogen-bond acceptors (Lipinski definition) is 3. The number of amides is 1. The monoisotopic (exact) mass is 296 g/mol. The molecule has 1 aromatic rings. The molecule has 14 heavy (non-hydrogen) atoms. The summed E-state index contributed by atoms with van der Waals surface area (Å²) >= 11 is 10.6. The number of rotatable bonds is 4. The lowest BCUT2D eigenvalue weighted by Gasteiger charge is -2.06. The van der Waals surface area contributed by atoms with Crippen molar-refractivity contribution in [3.8, 4) is 0 Å². The summed E-state index contributed by atoms with van der Waals surface area (Å²) < 4.78 is 1.52. The fourth-order valence-corrected chi connectivity index (χ4v) is 2.76. The molecule has 1 heterocycles. The minimum Gasteiger partial charge on any atom is -0.370 e. The average molecular weight is 298 g/mol. The van der Waals surface area contributed by atoms with E-state index in [4.69, 9.17) is 23.1 Å². The third kappa shape index (κ3) is 3.24. The molecular weight excluding hydrogens is 288 g/mol. The van der Waals surface area contributed by atoms with E-state index in [1.807, 2.05) is 6.07 Å². The number of primary amides is 1. The Morgan fingerprint density at radius 2 is 2.36 bits per heavy atom. The van der Waals surface area contributed by atoms with Crippen LogP contribution < -0.4 is 11.5 Å². The minimum atomic E-state index is -0.331. The molecule has 1 amide bonds. The van der Waals surface area contributed by atoms with Gasteiger partial charge in [-0.1, -0.05) is 11.6 Å². The van der Waals surface area contributed by atoms with Gasteiger partial charge >= 0.3 is 0 Å². The second-order valence-corrected chi connectivity index (χ2v) is 5.42. The van der Waals surface area contributed by atoms with Gasteiger partial charge < -0.3 is 11.5 Å².